The fourth-order valence-electron chi connectivity index (χ4n) is 3.17. The quantitative estimate of drug-likeness (QED) is 0.732. The molecule has 0 aliphatic carbocycles. The maximum absolute atomic E-state index is 12.1. The Morgan fingerprint density at radius 3 is 2.38 bits per heavy atom. The number of hydrogen-bond acceptors (Lipinski definition) is 3. The molecular formula is C15H28N4O2. The average molecular weight is 296 g/mol. The predicted octanol–water partition coefficient (Wildman–Crippen LogP) is 0.640. The number of carbonyl (C=O) groups is 2. The minimum Gasteiger partial charge on any atom is -0.356 e. The SMILES string of the molecule is CNC(=O)N1CCC(C(=O)NCCCN2CCCC2)CC1. The second-order valence-corrected chi connectivity index (χ2v) is 6.01. The van der Waals surface area contributed by atoms with E-state index in [0.717, 1.165) is 32.4 Å². The van der Waals surface area contributed by atoms with Crippen molar-refractivity contribution in [1.29, 1.82) is 0 Å². The van der Waals surface area contributed by atoms with Gasteiger partial charge in [-0.25, -0.2) is 4.79 Å². The topological polar surface area (TPSA) is 64.7 Å². The lowest BCUT2D eigenvalue weighted by Gasteiger charge is -2.31. The van der Waals surface area contributed by atoms with Gasteiger partial charge in [0, 0.05) is 32.6 Å². The van der Waals surface area contributed by atoms with E-state index < -0.39 is 0 Å². The Morgan fingerprint density at radius 1 is 1.10 bits per heavy atom. The zero-order valence-electron chi connectivity index (χ0n) is 13.1. The molecule has 2 fully saturated rings. The molecule has 2 heterocycles. The molecule has 2 N–H and O–H groups in total. The first-order valence-electron chi connectivity index (χ1n) is 8.17. The van der Waals surface area contributed by atoms with Gasteiger partial charge in [0.1, 0.15) is 0 Å². The number of carbonyl (C=O) groups excluding carboxylic acids is 2. The molecule has 21 heavy (non-hydrogen) atoms. The summed E-state index contributed by atoms with van der Waals surface area (Å²) in [6.45, 7) is 5.63. The molecule has 0 aromatic carbocycles. The Balaban J connectivity index is 1.57. The van der Waals surface area contributed by atoms with Crippen molar-refractivity contribution in [3.63, 3.8) is 0 Å². The molecule has 2 aliphatic rings. The Hall–Kier alpha value is -1.30. The summed E-state index contributed by atoms with van der Waals surface area (Å²) in [6, 6.07) is -0.0422. The number of urea groups is 1. The van der Waals surface area contributed by atoms with Gasteiger partial charge < -0.3 is 20.4 Å². The molecule has 3 amide bonds. The lowest BCUT2D eigenvalue weighted by atomic mass is 9.96. The normalized spacial score (nSPS) is 20.5. The van der Waals surface area contributed by atoms with Crippen LogP contribution >= 0.6 is 0 Å². The third-order valence-electron chi connectivity index (χ3n) is 4.52. The van der Waals surface area contributed by atoms with Crippen molar-refractivity contribution >= 4 is 11.9 Å². The largest absolute Gasteiger partial charge is 0.356 e. The van der Waals surface area contributed by atoms with Crippen LogP contribution in [0.3, 0.4) is 0 Å². The van der Waals surface area contributed by atoms with Crippen LogP contribution < -0.4 is 10.6 Å². The van der Waals surface area contributed by atoms with E-state index in [0.29, 0.717) is 13.1 Å². The Kier molecular flexibility index (Phi) is 6.29. The van der Waals surface area contributed by atoms with Gasteiger partial charge in [0.15, 0.2) is 0 Å². The van der Waals surface area contributed by atoms with Crippen LogP contribution in [-0.4, -0.2) is 68.1 Å². The zero-order valence-corrected chi connectivity index (χ0v) is 13.1. The molecule has 120 valence electrons. The first-order chi connectivity index (χ1) is 10.2. The maximum atomic E-state index is 12.1. The molecule has 0 saturated carbocycles. The van der Waals surface area contributed by atoms with Crippen molar-refractivity contribution < 1.29 is 9.59 Å². The molecule has 2 rings (SSSR count). The highest BCUT2D eigenvalue weighted by Crippen LogP contribution is 2.17. The smallest absolute Gasteiger partial charge is 0.317 e. The number of hydrogen-bond donors (Lipinski definition) is 2. The van der Waals surface area contributed by atoms with Crippen molar-refractivity contribution in [2.24, 2.45) is 5.92 Å². The monoisotopic (exact) mass is 296 g/mol. The second kappa shape index (κ2) is 8.22. The summed E-state index contributed by atoms with van der Waals surface area (Å²) < 4.78 is 0. The van der Waals surface area contributed by atoms with Gasteiger partial charge in [-0.1, -0.05) is 0 Å². The number of amides is 3. The van der Waals surface area contributed by atoms with Crippen molar-refractivity contribution in [3.8, 4) is 0 Å². The third-order valence-corrected chi connectivity index (χ3v) is 4.52. The van der Waals surface area contributed by atoms with E-state index in [1.165, 1.54) is 25.9 Å². The lowest BCUT2D eigenvalue weighted by molar-refractivity contribution is -0.126. The third kappa shape index (κ3) is 4.88. The minimum atomic E-state index is -0.0422. The molecular weight excluding hydrogens is 268 g/mol. The second-order valence-electron chi connectivity index (χ2n) is 6.01. The van der Waals surface area contributed by atoms with Gasteiger partial charge in [-0.2, -0.15) is 0 Å². The summed E-state index contributed by atoms with van der Waals surface area (Å²) in [4.78, 5) is 27.8. The molecule has 0 radical (unpaired) electrons. The number of nitrogens with zero attached hydrogens (tertiary/aromatic N) is 2. The highest BCUT2D eigenvalue weighted by molar-refractivity contribution is 5.79. The van der Waals surface area contributed by atoms with Crippen molar-refractivity contribution in [1.82, 2.24) is 20.4 Å². The Bertz CT molecular complexity index is 348. The van der Waals surface area contributed by atoms with Crippen LogP contribution in [0.25, 0.3) is 0 Å². The summed E-state index contributed by atoms with van der Waals surface area (Å²) in [5.41, 5.74) is 0. The summed E-state index contributed by atoms with van der Waals surface area (Å²) in [5.74, 6) is 0.227. The summed E-state index contributed by atoms with van der Waals surface area (Å²) in [5, 5.41) is 5.68. The number of likely N-dealkylation sites (tertiary alicyclic amines) is 2. The van der Waals surface area contributed by atoms with Crippen LogP contribution in [0, 0.1) is 5.92 Å². The van der Waals surface area contributed by atoms with E-state index in [4.69, 9.17) is 0 Å². The molecule has 0 spiro atoms. The van der Waals surface area contributed by atoms with E-state index in [-0.39, 0.29) is 17.9 Å². The molecule has 0 atom stereocenters. The first-order valence-corrected chi connectivity index (χ1v) is 8.17. The summed E-state index contributed by atoms with van der Waals surface area (Å²) in [6.07, 6.45) is 5.20. The highest BCUT2D eigenvalue weighted by atomic mass is 16.2. The van der Waals surface area contributed by atoms with Crippen molar-refractivity contribution in [2.45, 2.75) is 32.1 Å². The fourth-order valence-corrected chi connectivity index (χ4v) is 3.17. The van der Waals surface area contributed by atoms with Crippen LogP contribution in [0.2, 0.25) is 0 Å². The molecule has 2 aliphatic heterocycles. The van der Waals surface area contributed by atoms with Crippen LogP contribution in [0.15, 0.2) is 0 Å². The van der Waals surface area contributed by atoms with Gasteiger partial charge in [-0.15, -0.1) is 0 Å². The standard InChI is InChI=1S/C15H28N4O2/c1-16-15(21)19-11-5-13(6-12-19)14(20)17-7-4-10-18-8-2-3-9-18/h13H,2-12H2,1H3,(H,16,21)(H,17,20). The minimum absolute atomic E-state index is 0.0422. The Labute approximate surface area is 127 Å². The van der Waals surface area contributed by atoms with Gasteiger partial charge in [0.25, 0.3) is 0 Å². The van der Waals surface area contributed by atoms with Crippen LogP contribution in [0.5, 0.6) is 0 Å². The highest BCUT2D eigenvalue weighted by Gasteiger charge is 2.26. The van der Waals surface area contributed by atoms with Crippen LogP contribution in [0.4, 0.5) is 4.79 Å². The van der Waals surface area contributed by atoms with Gasteiger partial charge in [0.05, 0.1) is 0 Å². The van der Waals surface area contributed by atoms with E-state index in [1.807, 2.05) is 0 Å². The summed E-state index contributed by atoms with van der Waals surface area (Å²) >= 11 is 0. The van der Waals surface area contributed by atoms with Gasteiger partial charge in [-0.05, 0) is 51.7 Å². The van der Waals surface area contributed by atoms with Crippen molar-refractivity contribution in [3.05, 3.63) is 0 Å². The van der Waals surface area contributed by atoms with Gasteiger partial charge in [0.2, 0.25) is 5.91 Å². The van der Waals surface area contributed by atoms with E-state index in [9.17, 15) is 9.59 Å². The first kappa shape index (κ1) is 16.1. The molecule has 0 unspecified atom stereocenters. The number of piperidine rings is 1. The van der Waals surface area contributed by atoms with Crippen LogP contribution in [-0.2, 0) is 4.79 Å². The summed E-state index contributed by atoms with van der Waals surface area (Å²) in [7, 11) is 1.64. The van der Waals surface area contributed by atoms with Crippen LogP contribution in [0.1, 0.15) is 32.1 Å². The molecule has 0 aromatic rings. The van der Waals surface area contributed by atoms with E-state index >= 15 is 0 Å². The predicted molar refractivity (Wildman–Crippen MR) is 82.1 cm³/mol. The zero-order chi connectivity index (χ0) is 15.1. The maximum Gasteiger partial charge on any atom is 0.317 e. The van der Waals surface area contributed by atoms with Gasteiger partial charge >= 0.3 is 6.03 Å². The van der Waals surface area contributed by atoms with Crippen molar-refractivity contribution in [2.75, 3.05) is 46.3 Å². The molecule has 0 aromatic heterocycles. The Morgan fingerprint density at radius 2 is 1.76 bits per heavy atom. The molecule has 0 bridgehead atoms. The van der Waals surface area contributed by atoms with E-state index in [1.54, 1.807) is 11.9 Å². The number of nitrogens with one attached hydrogen (secondary N) is 2. The molecule has 6 nitrogen and oxygen atoms in total. The average Bonchev–Trinajstić information content (AvgIpc) is 3.04. The fraction of sp³-hybridized carbons (Fsp3) is 0.867. The number of rotatable bonds is 5. The molecule has 6 heteroatoms. The molecule has 2 saturated heterocycles. The van der Waals surface area contributed by atoms with E-state index in [2.05, 4.69) is 15.5 Å². The lowest BCUT2D eigenvalue weighted by Crippen LogP contribution is -2.46. The van der Waals surface area contributed by atoms with Gasteiger partial charge in [-0.3, -0.25) is 4.79 Å².